The molecule has 126 valence electrons. The van der Waals surface area contributed by atoms with Crippen molar-refractivity contribution in [2.24, 2.45) is 0 Å². The van der Waals surface area contributed by atoms with Crippen LogP contribution in [0.3, 0.4) is 0 Å². The molecule has 0 amide bonds. The topological polar surface area (TPSA) is 13.1 Å². The highest BCUT2D eigenvalue weighted by molar-refractivity contribution is 6.04. The van der Waals surface area contributed by atoms with Crippen LogP contribution in [-0.4, -0.2) is 0 Å². The molecule has 0 radical (unpaired) electrons. The summed E-state index contributed by atoms with van der Waals surface area (Å²) in [7, 11) is 0. The summed E-state index contributed by atoms with van der Waals surface area (Å²) in [5.41, 5.74) is 7.15. The van der Waals surface area contributed by atoms with Gasteiger partial charge in [-0.25, -0.2) is 0 Å². The van der Waals surface area contributed by atoms with Crippen LogP contribution in [-0.2, 0) is 0 Å². The third-order valence-corrected chi connectivity index (χ3v) is 5.32. The number of allylic oxidation sites excluding steroid dienone is 4. The number of rotatable bonds is 2. The molecule has 0 spiro atoms. The van der Waals surface area contributed by atoms with Crippen molar-refractivity contribution in [3.8, 4) is 0 Å². The molecular formula is C25H20O. The average molecular weight is 336 g/mol. The molecule has 4 aromatic rings. The minimum absolute atomic E-state index is 0.404. The highest BCUT2D eigenvalue weighted by atomic mass is 16.3. The second kappa shape index (κ2) is 6.03. The highest BCUT2D eigenvalue weighted by Crippen LogP contribution is 2.34. The van der Waals surface area contributed by atoms with Gasteiger partial charge in [0.05, 0.1) is 0 Å². The largest absolute Gasteiger partial charge is 0.456 e. The summed E-state index contributed by atoms with van der Waals surface area (Å²) in [6.45, 7) is 2.12. The van der Waals surface area contributed by atoms with E-state index in [2.05, 4.69) is 79.7 Å². The van der Waals surface area contributed by atoms with E-state index >= 15 is 0 Å². The molecule has 1 nitrogen and oxygen atoms in total. The van der Waals surface area contributed by atoms with Gasteiger partial charge in [-0.05, 0) is 42.2 Å². The first-order valence-electron chi connectivity index (χ1n) is 9.14. The zero-order valence-electron chi connectivity index (χ0n) is 14.8. The molecule has 1 aliphatic rings. The van der Waals surface area contributed by atoms with Gasteiger partial charge in [0.2, 0.25) is 0 Å². The van der Waals surface area contributed by atoms with Gasteiger partial charge in [0.25, 0.3) is 0 Å². The second-order valence-corrected chi connectivity index (χ2v) is 7.08. The van der Waals surface area contributed by atoms with Crippen molar-refractivity contribution in [2.45, 2.75) is 19.3 Å². The molecule has 0 N–H and O–H groups in total. The molecule has 1 unspecified atom stereocenters. The summed E-state index contributed by atoms with van der Waals surface area (Å²) in [5.74, 6) is 0.404. The lowest BCUT2D eigenvalue weighted by atomic mass is 9.88. The lowest BCUT2D eigenvalue weighted by Crippen LogP contribution is -1.98. The van der Waals surface area contributed by atoms with Crippen LogP contribution in [0.2, 0.25) is 0 Å². The Hall–Kier alpha value is -3.06. The van der Waals surface area contributed by atoms with Crippen LogP contribution in [0.5, 0.6) is 0 Å². The number of furan rings is 1. The van der Waals surface area contributed by atoms with Gasteiger partial charge in [0, 0.05) is 16.7 Å². The molecule has 1 aliphatic carbocycles. The van der Waals surface area contributed by atoms with E-state index in [-0.39, 0.29) is 0 Å². The molecule has 1 heteroatoms. The number of fused-ring (bicyclic) bond motifs is 3. The lowest BCUT2D eigenvalue weighted by molar-refractivity contribution is 0.667. The summed E-state index contributed by atoms with van der Waals surface area (Å²) in [6.07, 6.45) is 7.93. The summed E-state index contributed by atoms with van der Waals surface area (Å²) in [5, 5.41) is 2.38. The normalized spacial score (nSPS) is 17.0. The Morgan fingerprint density at radius 1 is 0.846 bits per heavy atom. The predicted octanol–water partition coefficient (Wildman–Crippen LogP) is 7.02. The zero-order chi connectivity index (χ0) is 17.5. The summed E-state index contributed by atoms with van der Waals surface area (Å²) >= 11 is 0. The Kier molecular flexibility index (Phi) is 3.53. The van der Waals surface area contributed by atoms with Crippen LogP contribution in [0.1, 0.15) is 29.0 Å². The van der Waals surface area contributed by atoms with E-state index in [4.69, 9.17) is 4.42 Å². The third kappa shape index (κ3) is 2.57. The van der Waals surface area contributed by atoms with Gasteiger partial charge in [0.15, 0.2) is 0 Å². The Bertz CT molecular complexity index is 1160. The molecule has 1 heterocycles. The summed E-state index contributed by atoms with van der Waals surface area (Å²) < 4.78 is 6.05. The minimum atomic E-state index is 0.404. The molecule has 26 heavy (non-hydrogen) atoms. The van der Waals surface area contributed by atoms with Gasteiger partial charge in [-0.3, -0.25) is 0 Å². The fourth-order valence-electron chi connectivity index (χ4n) is 3.80. The van der Waals surface area contributed by atoms with Crippen molar-refractivity contribution in [1.82, 2.24) is 0 Å². The molecule has 1 aromatic heterocycles. The van der Waals surface area contributed by atoms with Gasteiger partial charge in [-0.2, -0.15) is 0 Å². The van der Waals surface area contributed by atoms with Gasteiger partial charge in [0.1, 0.15) is 11.2 Å². The highest BCUT2D eigenvalue weighted by Gasteiger charge is 2.14. The van der Waals surface area contributed by atoms with Gasteiger partial charge in [-0.15, -0.1) is 0 Å². The second-order valence-electron chi connectivity index (χ2n) is 7.08. The monoisotopic (exact) mass is 336 g/mol. The Labute approximate surface area is 153 Å². The number of aryl methyl sites for hydroxylation is 1. The fraction of sp³-hybridized carbons (Fsp3) is 0.120. The van der Waals surface area contributed by atoms with E-state index in [9.17, 15) is 0 Å². The maximum Gasteiger partial charge on any atom is 0.135 e. The number of para-hydroxylation sites is 1. The Morgan fingerprint density at radius 2 is 1.65 bits per heavy atom. The van der Waals surface area contributed by atoms with Crippen LogP contribution in [0.25, 0.3) is 27.5 Å². The zero-order valence-corrected chi connectivity index (χ0v) is 14.8. The number of hydrogen-bond donors (Lipinski definition) is 0. The standard InChI is InChI=1S/C25H20O/c1-17-6-8-18(9-7-17)19-10-12-20(13-11-19)21-14-15-23-22-4-2-3-5-24(22)26-25(23)16-21/h2-12,14-16,20H,13H2,1H3. The van der Waals surface area contributed by atoms with Crippen molar-refractivity contribution in [1.29, 1.82) is 0 Å². The first kappa shape index (κ1) is 15.2. The third-order valence-electron chi connectivity index (χ3n) is 5.32. The molecule has 0 saturated heterocycles. The van der Waals surface area contributed by atoms with Crippen LogP contribution < -0.4 is 0 Å². The van der Waals surface area contributed by atoms with Crippen molar-refractivity contribution >= 4 is 27.5 Å². The van der Waals surface area contributed by atoms with Gasteiger partial charge >= 0.3 is 0 Å². The van der Waals surface area contributed by atoms with Gasteiger partial charge < -0.3 is 4.42 Å². The molecule has 0 fully saturated rings. The van der Waals surface area contributed by atoms with E-state index in [1.807, 2.05) is 12.1 Å². The number of benzene rings is 3. The molecular weight excluding hydrogens is 316 g/mol. The Balaban J connectivity index is 1.45. The molecule has 0 aliphatic heterocycles. The van der Waals surface area contributed by atoms with Gasteiger partial charge in [-0.1, -0.05) is 78.4 Å². The molecule has 1 atom stereocenters. The first-order chi connectivity index (χ1) is 12.8. The minimum Gasteiger partial charge on any atom is -0.456 e. The predicted molar refractivity (Wildman–Crippen MR) is 109 cm³/mol. The van der Waals surface area contributed by atoms with E-state index in [0.29, 0.717) is 5.92 Å². The van der Waals surface area contributed by atoms with E-state index in [1.165, 1.54) is 33.0 Å². The molecule has 3 aromatic carbocycles. The van der Waals surface area contributed by atoms with Crippen molar-refractivity contribution in [3.63, 3.8) is 0 Å². The lowest BCUT2D eigenvalue weighted by Gasteiger charge is -2.17. The smallest absolute Gasteiger partial charge is 0.135 e. The summed E-state index contributed by atoms with van der Waals surface area (Å²) in [6, 6.07) is 23.6. The van der Waals surface area contributed by atoms with Crippen LogP contribution in [0, 0.1) is 6.92 Å². The molecule has 0 saturated carbocycles. The fourth-order valence-corrected chi connectivity index (χ4v) is 3.80. The van der Waals surface area contributed by atoms with Crippen LogP contribution >= 0.6 is 0 Å². The van der Waals surface area contributed by atoms with Crippen molar-refractivity contribution in [2.75, 3.05) is 0 Å². The SMILES string of the molecule is Cc1ccc(C2=CCC(c3ccc4c(c3)oc3ccccc34)C=C2)cc1. The van der Waals surface area contributed by atoms with E-state index in [0.717, 1.165) is 17.6 Å². The molecule has 0 bridgehead atoms. The van der Waals surface area contributed by atoms with Crippen molar-refractivity contribution in [3.05, 3.63) is 102 Å². The van der Waals surface area contributed by atoms with E-state index < -0.39 is 0 Å². The maximum atomic E-state index is 6.05. The van der Waals surface area contributed by atoms with E-state index in [1.54, 1.807) is 0 Å². The average Bonchev–Trinajstić information content (AvgIpc) is 3.06. The number of hydrogen-bond acceptors (Lipinski definition) is 1. The quantitative estimate of drug-likeness (QED) is 0.383. The molecule has 5 rings (SSSR count). The van der Waals surface area contributed by atoms with Crippen LogP contribution in [0.15, 0.2) is 89.4 Å². The summed E-state index contributed by atoms with van der Waals surface area (Å²) in [4.78, 5) is 0. The Morgan fingerprint density at radius 3 is 2.46 bits per heavy atom. The maximum absolute atomic E-state index is 6.05. The van der Waals surface area contributed by atoms with Crippen LogP contribution in [0.4, 0.5) is 0 Å². The van der Waals surface area contributed by atoms with Crippen molar-refractivity contribution < 1.29 is 4.42 Å². The first-order valence-corrected chi connectivity index (χ1v) is 9.14.